The van der Waals surface area contributed by atoms with E-state index in [9.17, 15) is 4.79 Å². The lowest BCUT2D eigenvalue weighted by Gasteiger charge is -2.35. The second-order valence-electron chi connectivity index (χ2n) is 6.77. The number of carbonyl (C=O) groups is 1. The number of carbonyl (C=O) groups excluding carboxylic acids is 1. The zero-order chi connectivity index (χ0) is 16.8. The van der Waals surface area contributed by atoms with Crippen molar-refractivity contribution in [3.05, 3.63) is 17.0 Å². The summed E-state index contributed by atoms with van der Waals surface area (Å²) in [6.45, 7) is 7.46. The zero-order valence-corrected chi connectivity index (χ0v) is 14.2. The number of anilines is 1. The number of amides is 1. The molecule has 1 amide bonds. The van der Waals surface area contributed by atoms with Gasteiger partial charge in [0.25, 0.3) is 5.78 Å². The van der Waals surface area contributed by atoms with E-state index in [1.54, 1.807) is 4.52 Å². The molecule has 4 rings (SSSR count). The minimum atomic E-state index is 0.158. The van der Waals surface area contributed by atoms with Gasteiger partial charge in [-0.25, -0.2) is 4.98 Å². The van der Waals surface area contributed by atoms with Crippen LogP contribution in [0.4, 0.5) is 5.95 Å². The molecule has 0 radical (unpaired) electrons. The number of rotatable bonds is 3. The number of piperazine rings is 1. The molecule has 128 valence electrons. The predicted octanol–water partition coefficient (Wildman–Crippen LogP) is 0.172. The lowest BCUT2D eigenvalue weighted by atomic mass is 10.1. The summed E-state index contributed by atoms with van der Waals surface area (Å²) in [6, 6.07) is 0.774. The average molecular weight is 329 g/mol. The van der Waals surface area contributed by atoms with E-state index in [0.29, 0.717) is 12.2 Å². The Morgan fingerprint density at radius 1 is 1.17 bits per heavy atom. The van der Waals surface area contributed by atoms with Crippen molar-refractivity contribution >= 4 is 17.6 Å². The molecule has 24 heavy (non-hydrogen) atoms. The monoisotopic (exact) mass is 329 g/mol. The molecule has 1 aliphatic carbocycles. The van der Waals surface area contributed by atoms with Crippen LogP contribution in [0.15, 0.2) is 0 Å². The van der Waals surface area contributed by atoms with Gasteiger partial charge in [-0.05, 0) is 26.7 Å². The Morgan fingerprint density at radius 3 is 2.54 bits per heavy atom. The Bertz CT molecular complexity index is 787. The van der Waals surface area contributed by atoms with Gasteiger partial charge in [-0.2, -0.15) is 9.50 Å². The quantitative estimate of drug-likeness (QED) is 0.863. The zero-order valence-electron chi connectivity index (χ0n) is 14.2. The molecule has 0 atom stereocenters. The number of nitrogen functional groups attached to an aromatic ring is 1. The summed E-state index contributed by atoms with van der Waals surface area (Å²) in [7, 11) is 0. The number of fused-ring (bicyclic) bond motifs is 1. The van der Waals surface area contributed by atoms with Gasteiger partial charge in [-0.15, -0.1) is 5.10 Å². The number of nitrogens with two attached hydrogens (primary N) is 1. The molecule has 1 saturated heterocycles. The molecule has 0 spiro atoms. The molecule has 8 nitrogen and oxygen atoms in total. The molecule has 2 N–H and O–H groups in total. The third-order valence-electron chi connectivity index (χ3n) is 5.12. The van der Waals surface area contributed by atoms with Gasteiger partial charge >= 0.3 is 0 Å². The molecule has 2 aromatic heterocycles. The van der Waals surface area contributed by atoms with E-state index < -0.39 is 0 Å². The van der Waals surface area contributed by atoms with Crippen LogP contribution >= 0.6 is 0 Å². The highest BCUT2D eigenvalue weighted by atomic mass is 16.2. The SMILES string of the molecule is Cc1nc2nc(N)nn2c(C)c1CC(=O)N1CCN(C2CC2)CC1. The summed E-state index contributed by atoms with van der Waals surface area (Å²) in [5.41, 5.74) is 8.27. The van der Waals surface area contributed by atoms with E-state index >= 15 is 0 Å². The first kappa shape index (κ1) is 15.3. The van der Waals surface area contributed by atoms with Gasteiger partial charge in [0.05, 0.1) is 6.42 Å². The third-order valence-corrected chi connectivity index (χ3v) is 5.12. The lowest BCUT2D eigenvalue weighted by molar-refractivity contribution is -0.132. The standard InChI is InChI=1S/C16H23N7O/c1-10-13(11(2)23-16(18-10)19-15(17)20-23)9-14(24)22-7-5-21(6-8-22)12-3-4-12/h12H,3-9H2,1-2H3,(H2,17,20). The summed E-state index contributed by atoms with van der Waals surface area (Å²) < 4.78 is 1.62. The van der Waals surface area contributed by atoms with Gasteiger partial charge in [0.1, 0.15) is 0 Å². The molecular formula is C16H23N7O. The van der Waals surface area contributed by atoms with E-state index in [4.69, 9.17) is 5.73 Å². The second-order valence-corrected chi connectivity index (χ2v) is 6.77. The van der Waals surface area contributed by atoms with Crippen molar-refractivity contribution in [2.75, 3.05) is 31.9 Å². The number of nitrogens with zero attached hydrogens (tertiary/aromatic N) is 6. The maximum atomic E-state index is 12.7. The van der Waals surface area contributed by atoms with Crippen LogP contribution < -0.4 is 5.73 Å². The smallest absolute Gasteiger partial charge is 0.254 e. The molecule has 1 saturated carbocycles. The highest BCUT2D eigenvalue weighted by Gasteiger charge is 2.32. The first-order valence-corrected chi connectivity index (χ1v) is 8.53. The summed E-state index contributed by atoms with van der Waals surface area (Å²) in [5, 5.41) is 4.16. The van der Waals surface area contributed by atoms with E-state index in [0.717, 1.165) is 49.2 Å². The van der Waals surface area contributed by atoms with Crippen LogP contribution in [0.25, 0.3) is 5.78 Å². The maximum absolute atomic E-state index is 12.7. The molecule has 0 unspecified atom stereocenters. The van der Waals surface area contributed by atoms with Crippen molar-refractivity contribution in [1.29, 1.82) is 0 Å². The van der Waals surface area contributed by atoms with Crippen molar-refractivity contribution in [2.24, 2.45) is 0 Å². The minimum absolute atomic E-state index is 0.158. The molecule has 1 aliphatic heterocycles. The Kier molecular flexibility index (Phi) is 3.64. The van der Waals surface area contributed by atoms with Gasteiger partial charge < -0.3 is 10.6 Å². The molecule has 0 bridgehead atoms. The number of hydrogen-bond acceptors (Lipinski definition) is 6. The average Bonchev–Trinajstić information content (AvgIpc) is 3.34. The van der Waals surface area contributed by atoms with Gasteiger partial charge in [0.15, 0.2) is 0 Å². The molecule has 2 fully saturated rings. The first-order valence-electron chi connectivity index (χ1n) is 8.53. The van der Waals surface area contributed by atoms with E-state index in [1.165, 1.54) is 12.8 Å². The van der Waals surface area contributed by atoms with Crippen molar-refractivity contribution in [2.45, 2.75) is 39.2 Å². The van der Waals surface area contributed by atoms with E-state index in [1.807, 2.05) is 18.7 Å². The predicted molar refractivity (Wildman–Crippen MR) is 89.5 cm³/mol. The normalized spacial score (nSPS) is 19.2. The Hall–Kier alpha value is -2.22. The summed E-state index contributed by atoms with van der Waals surface area (Å²) in [4.78, 5) is 25.7. The van der Waals surface area contributed by atoms with Crippen molar-refractivity contribution < 1.29 is 4.79 Å². The van der Waals surface area contributed by atoms with Crippen LogP contribution in [0.5, 0.6) is 0 Å². The van der Waals surface area contributed by atoms with Crippen LogP contribution in [0.2, 0.25) is 0 Å². The van der Waals surface area contributed by atoms with Gasteiger partial charge in [-0.3, -0.25) is 9.69 Å². The summed E-state index contributed by atoms with van der Waals surface area (Å²) in [6.07, 6.45) is 2.99. The molecule has 8 heteroatoms. The number of aryl methyl sites for hydroxylation is 2. The topological polar surface area (TPSA) is 92.6 Å². The molecule has 2 aromatic rings. The van der Waals surface area contributed by atoms with Gasteiger partial charge in [-0.1, -0.05) is 0 Å². The van der Waals surface area contributed by atoms with Crippen molar-refractivity contribution in [3.8, 4) is 0 Å². The largest absolute Gasteiger partial charge is 0.366 e. The minimum Gasteiger partial charge on any atom is -0.366 e. The molecule has 3 heterocycles. The fraction of sp³-hybridized carbons (Fsp3) is 0.625. The van der Waals surface area contributed by atoms with Crippen LogP contribution in [-0.2, 0) is 11.2 Å². The van der Waals surface area contributed by atoms with E-state index in [2.05, 4.69) is 20.0 Å². The number of aromatic nitrogens is 4. The van der Waals surface area contributed by atoms with Gasteiger partial charge in [0, 0.05) is 49.2 Å². The van der Waals surface area contributed by atoms with Crippen LogP contribution in [0, 0.1) is 13.8 Å². The molecular weight excluding hydrogens is 306 g/mol. The highest BCUT2D eigenvalue weighted by Crippen LogP contribution is 2.27. The Labute approximate surface area is 140 Å². The van der Waals surface area contributed by atoms with E-state index in [-0.39, 0.29) is 11.9 Å². The fourth-order valence-electron chi connectivity index (χ4n) is 3.52. The van der Waals surface area contributed by atoms with Crippen molar-refractivity contribution in [1.82, 2.24) is 29.4 Å². The Morgan fingerprint density at radius 2 is 1.88 bits per heavy atom. The van der Waals surface area contributed by atoms with Crippen LogP contribution in [-0.4, -0.2) is 67.5 Å². The fourth-order valence-corrected chi connectivity index (χ4v) is 3.52. The number of hydrogen-bond donors (Lipinski definition) is 1. The molecule has 0 aromatic carbocycles. The summed E-state index contributed by atoms with van der Waals surface area (Å²) in [5.74, 6) is 0.840. The highest BCUT2D eigenvalue weighted by molar-refractivity contribution is 5.79. The third kappa shape index (κ3) is 2.71. The Balaban J connectivity index is 1.50. The maximum Gasteiger partial charge on any atom is 0.254 e. The lowest BCUT2D eigenvalue weighted by Crippen LogP contribution is -2.49. The second kappa shape index (κ2) is 5.70. The van der Waals surface area contributed by atoms with Gasteiger partial charge in [0.2, 0.25) is 11.9 Å². The van der Waals surface area contributed by atoms with Crippen molar-refractivity contribution in [3.63, 3.8) is 0 Å². The van der Waals surface area contributed by atoms with Crippen LogP contribution in [0.1, 0.15) is 29.8 Å². The molecule has 2 aliphatic rings. The van der Waals surface area contributed by atoms with Crippen LogP contribution in [0.3, 0.4) is 0 Å². The summed E-state index contributed by atoms with van der Waals surface area (Å²) >= 11 is 0. The first-order chi connectivity index (χ1) is 11.5.